The standard InChI is InChI=1S/C23H23N3O3/c27-23(24-16-9-11-18(12-10-16)29-19-13-14-28-15-19)22-20-7-4-8-21(20)26(25-22)17-5-2-1-3-6-17/h1-3,5-6,9-12,19H,4,7-8,13-15H2,(H,24,27)/t19-/m0/s1. The van der Waals surface area contributed by atoms with Crippen molar-refractivity contribution in [1.29, 1.82) is 0 Å². The first-order valence-electron chi connectivity index (χ1n) is 10.1. The van der Waals surface area contributed by atoms with Crippen LogP contribution in [-0.2, 0) is 17.6 Å². The Kier molecular flexibility index (Phi) is 4.77. The van der Waals surface area contributed by atoms with Gasteiger partial charge in [0.05, 0.1) is 18.9 Å². The predicted molar refractivity (Wildman–Crippen MR) is 110 cm³/mol. The number of fused-ring (bicyclic) bond motifs is 1. The number of benzene rings is 2. The molecule has 148 valence electrons. The minimum Gasteiger partial charge on any atom is -0.488 e. The van der Waals surface area contributed by atoms with Crippen LogP contribution in [0.5, 0.6) is 5.75 Å². The summed E-state index contributed by atoms with van der Waals surface area (Å²) in [5, 5.41) is 7.63. The van der Waals surface area contributed by atoms with Crippen molar-refractivity contribution in [3.8, 4) is 11.4 Å². The van der Waals surface area contributed by atoms with Gasteiger partial charge < -0.3 is 14.8 Å². The van der Waals surface area contributed by atoms with E-state index < -0.39 is 0 Å². The van der Waals surface area contributed by atoms with E-state index in [1.807, 2.05) is 59.3 Å². The molecular weight excluding hydrogens is 366 g/mol. The van der Waals surface area contributed by atoms with Gasteiger partial charge in [0.25, 0.3) is 5.91 Å². The highest BCUT2D eigenvalue weighted by atomic mass is 16.5. The van der Waals surface area contributed by atoms with E-state index in [2.05, 4.69) is 10.4 Å². The normalized spacial score (nSPS) is 17.9. The van der Waals surface area contributed by atoms with Crippen LogP contribution in [0.2, 0.25) is 0 Å². The molecule has 5 rings (SSSR count). The third-order valence-electron chi connectivity index (χ3n) is 5.45. The fraction of sp³-hybridized carbons (Fsp3) is 0.304. The summed E-state index contributed by atoms with van der Waals surface area (Å²) in [6.07, 6.45) is 3.91. The van der Waals surface area contributed by atoms with Crippen molar-refractivity contribution in [2.45, 2.75) is 31.8 Å². The second kappa shape index (κ2) is 7.72. The summed E-state index contributed by atoms with van der Waals surface area (Å²) in [6.45, 7) is 1.38. The second-order valence-electron chi connectivity index (χ2n) is 7.46. The molecule has 1 amide bonds. The maximum Gasteiger partial charge on any atom is 0.276 e. The van der Waals surface area contributed by atoms with E-state index >= 15 is 0 Å². The Labute approximate surface area is 169 Å². The molecule has 0 spiro atoms. The molecule has 1 saturated heterocycles. The lowest BCUT2D eigenvalue weighted by Gasteiger charge is -2.12. The van der Waals surface area contributed by atoms with Gasteiger partial charge in [0.2, 0.25) is 0 Å². The van der Waals surface area contributed by atoms with Gasteiger partial charge in [0.1, 0.15) is 11.9 Å². The molecule has 6 nitrogen and oxygen atoms in total. The number of carbonyl (C=O) groups excluding carboxylic acids is 1. The number of amides is 1. The van der Waals surface area contributed by atoms with E-state index in [4.69, 9.17) is 9.47 Å². The number of hydrogen-bond acceptors (Lipinski definition) is 4. The summed E-state index contributed by atoms with van der Waals surface area (Å²) in [5.74, 6) is 0.614. The lowest BCUT2D eigenvalue weighted by atomic mass is 10.2. The molecule has 2 heterocycles. The lowest BCUT2D eigenvalue weighted by Crippen LogP contribution is -2.16. The second-order valence-corrected chi connectivity index (χ2v) is 7.46. The first-order valence-corrected chi connectivity index (χ1v) is 10.1. The van der Waals surface area contributed by atoms with Crippen molar-refractivity contribution in [2.24, 2.45) is 0 Å². The van der Waals surface area contributed by atoms with E-state index in [1.165, 1.54) is 0 Å². The average molecular weight is 389 g/mol. The highest BCUT2D eigenvalue weighted by Gasteiger charge is 2.27. The molecule has 1 N–H and O–H groups in total. The number of anilines is 1. The number of nitrogens with one attached hydrogen (secondary N) is 1. The van der Waals surface area contributed by atoms with Crippen molar-refractivity contribution in [3.63, 3.8) is 0 Å². The summed E-state index contributed by atoms with van der Waals surface area (Å²) in [5.41, 5.74) is 4.44. The van der Waals surface area contributed by atoms with Crippen LogP contribution in [0.1, 0.15) is 34.6 Å². The monoisotopic (exact) mass is 389 g/mol. The van der Waals surface area contributed by atoms with Crippen LogP contribution < -0.4 is 10.1 Å². The Morgan fingerprint density at radius 1 is 1.10 bits per heavy atom. The molecule has 6 heteroatoms. The molecule has 0 unspecified atom stereocenters. The SMILES string of the molecule is O=C(Nc1ccc(O[C@H]2CCOC2)cc1)c1nn(-c2ccccc2)c2c1CCC2. The van der Waals surface area contributed by atoms with Gasteiger partial charge in [-0.2, -0.15) is 5.10 Å². The molecule has 3 aromatic rings. The zero-order chi connectivity index (χ0) is 19.6. The number of rotatable bonds is 5. The predicted octanol–water partition coefficient (Wildman–Crippen LogP) is 3.78. The minimum atomic E-state index is -0.171. The van der Waals surface area contributed by atoms with E-state index in [9.17, 15) is 4.79 Å². The molecule has 1 aliphatic carbocycles. The van der Waals surface area contributed by atoms with E-state index in [0.717, 1.165) is 60.7 Å². The van der Waals surface area contributed by atoms with Gasteiger partial charge in [-0.3, -0.25) is 4.79 Å². The number of nitrogens with zero attached hydrogens (tertiary/aromatic N) is 2. The quantitative estimate of drug-likeness (QED) is 0.721. The average Bonchev–Trinajstić information content (AvgIpc) is 3.48. The summed E-state index contributed by atoms with van der Waals surface area (Å²) in [4.78, 5) is 12.9. The topological polar surface area (TPSA) is 65.4 Å². The Balaban J connectivity index is 1.33. The molecule has 1 aliphatic heterocycles. The Bertz CT molecular complexity index is 1010. The first-order chi connectivity index (χ1) is 14.3. The van der Waals surface area contributed by atoms with Gasteiger partial charge in [0, 0.05) is 23.4 Å². The molecular formula is C23H23N3O3. The molecule has 0 bridgehead atoms. The highest BCUT2D eigenvalue weighted by Crippen LogP contribution is 2.28. The van der Waals surface area contributed by atoms with Crippen LogP contribution in [0.25, 0.3) is 5.69 Å². The van der Waals surface area contributed by atoms with Crippen LogP contribution in [-0.4, -0.2) is 35.0 Å². The maximum absolute atomic E-state index is 12.9. The first kappa shape index (κ1) is 17.9. The van der Waals surface area contributed by atoms with E-state index in [0.29, 0.717) is 12.3 Å². The molecule has 1 aromatic heterocycles. The van der Waals surface area contributed by atoms with Gasteiger partial charge in [-0.1, -0.05) is 18.2 Å². The highest BCUT2D eigenvalue weighted by molar-refractivity contribution is 6.04. The Hall–Kier alpha value is -3.12. The van der Waals surface area contributed by atoms with Crippen molar-refractivity contribution in [3.05, 3.63) is 71.5 Å². The van der Waals surface area contributed by atoms with Crippen LogP contribution in [0, 0.1) is 0 Å². The minimum absolute atomic E-state index is 0.111. The third kappa shape index (κ3) is 3.63. The van der Waals surface area contributed by atoms with Crippen LogP contribution in [0.15, 0.2) is 54.6 Å². The van der Waals surface area contributed by atoms with Crippen LogP contribution in [0.3, 0.4) is 0 Å². The number of ether oxygens (including phenoxy) is 2. The van der Waals surface area contributed by atoms with Crippen LogP contribution >= 0.6 is 0 Å². The molecule has 1 atom stereocenters. The van der Waals surface area contributed by atoms with Crippen molar-refractivity contribution >= 4 is 11.6 Å². The Morgan fingerprint density at radius 2 is 1.93 bits per heavy atom. The van der Waals surface area contributed by atoms with Crippen molar-refractivity contribution in [2.75, 3.05) is 18.5 Å². The van der Waals surface area contributed by atoms with Crippen molar-refractivity contribution in [1.82, 2.24) is 9.78 Å². The third-order valence-corrected chi connectivity index (χ3v) is 5.45. The van der Waals surface area contributed by atoms with Gasteiger partial charge in [0.15, 0.2) is 5.69 Å². The maximum atomic E-state index is 12.9. The fourth-order valence-electron chi connectivity index (χ4n) is 4.01. The van der Waals surface area contributed by atoms with Gasteiger partial charge >= 0.3 is 0 Å². The van der Waals surface area contributed by atoms with Crippen molar-refractivity contribution < 1.29 is 14.3 Å². The molecule has 2 aliphatic rings. The lowest BCUT2D eigenvalue weighted by molar-refractivity contribution is 0.102. The summed E-state index contributed by atoms with van der Waals surface area (Å²) in [7, 11) is 0. The number of hydrogen-bond donors (Lipinski definition) is 1. The number of carbonyl (C=O) groups is 1. The smallest absolute Gasteiger partial charge is 0.276 e. The van der Waals surface area contributed by atoms with Gasteiger partial charge in [-0.25, -0.2) is 4.68 Å². The molecule has 29 heavy (non-hydrogen) atoms. The van der Waals surface area contributed by atoms with Gasteiger partial charge in [-0.05, 0) is 55.7 Å². The summed E-state index contributed by atoms with van der Waals surface area (Å²) < 4.78 is 13.1. The number of para-hydroxylation sites is 1. The largest absolute Gasteiger partial charge is 0.488 e. The fourth-order valence-corrected chi connectivity index (χ4v) is 4.01. The van der Waals surface area contributed by atoms with E-state index in [-0.39, 0.29) is 12.0 Å². The summed E-state index contributed by atoms with van der Waals surface area (Å²) in [6, 6.07) is 17.5. The van der Waals surface area contributed by atoms with Gasteiger partial charge in [-0.15, -0.1) is 0 Å². The van der Waals surface area contributed by atoms with Crippen LogP contribution in [0.4, 0.5) is 5.69 Å². The molecule has 1 fully saturated rings. The molecule has 0 saturated carbocycles. The zero-order valence-corrected chi connectivity index (χ0v) is 16.1. The van der Waals surface area contributed by atoms with E-state index in [1.54, 1.807) is 0 Å². The zero-order valence-electron chi connectivity index (χ0n) is 16.1. The number of aromatic nitrogens is 2. The Morgan fingerprint density at radius 3 is 2.69 bits per heavy atom. The molecule has 2 aromatic carbocycles. The summed E-state index contributed by atoms with van der Waals surface area (Å²) >= 11 is 0. The molecule has 0 radical (unpaired) electrons.